The summed E-state index contributed by atoms with van der Waals surface area (Å²) < 4.78 is 36.5. The summed E-state index contributed by atoms with van der Waals surface area (Å²) in [5, 5.41) is 5.67. The minimum atomic E-state index is -3.45. The number of carbonyl (C=O) groups is 2. The summed E-state index contributed by atoms with van der Waals surface area (Å²) in [7, 11) is -3.45. The van der Waals surface area contributed by atoms with Gasteiger partial charge in [0.15, 0.2) is 9.84 Å². The maximum atomic E-state index is 13.1. The molecule has 0 spiro atoms. The maximum absolute atomic E-state index is 13.1. The first-order chi connectivity index (χ1) is 15.6. The summed E-state index contributed by atoms with van der Waals surface area (Å²) in [6.07, 6.45) is 1.75. The van der Waals surface area contributed by atoms with Gasteiger partial charge in [-0.05, 0) is 66.4 Å². The lowest BCUT2D eigenvalue weighted by Crippen LogP contribution is -2.15. The van der Waals surface area contributed by atoms with Crippen molar-refractivity contribution in [3.05, 3.63) is 88.7 Å². The van der Waals surface area contributed by atoms with E-state index in [0.29, 0.717) is 17.8 Å². The van der Waals surface area contributed by atoms with Crippen LogP contribution < -0.4 is 10.6 Å². The highest BCUT2D eigenvalue weighted by Gasteiger charge is 2.43. The Morgan fingerprint density at radius 3 is 2.39 bits per heavy atom. The Morgan fingerprint density at radius 1 is 1.00 bits per heavy atom. The molecular weight excluding hydrogens is 467 g/mol. The van der Waals surface area contributed by atoms with Crippen molar-refractivity contribution in [2.45, 2.75) is 17.2 Å². The van der Waals surface area contributed by atoms with Crippen LogP contribution in [0.4, 0.5) is 15.8 Å². The third-order valence-corrected chi connectivity index (χ3v) is 6.86. The molecule has 3 aromatic carbocycles. The first-order valence-electron chi connectivity index (χ1n) is 10.1. The number of hydrogen-bond acceptors (Lipinski definition) is 4. The lowest BCUT2D eigenvalue weighted by molar-refractivity contribution is -0.117. The molecule has 0 bridgehead atoms. The second kappa shape index (κ2) is 8.96. The number of benzene rings is 3. The van der Waals surface area contributed by atoms with Crippen LogP contribution in [0.5, 0.6) is 0 Å². The molecule has 0 aliphatic heterocycles. The Labute approximate surface area is 195 Å². The van der Waals surface area contributed by atoms with Crippen LogP contribution in [0, 0.1) is 11.7 Å². The van der Waals surface area contributed by atoms with Crippen molar-refractivity contribution in [3.8, 4) is 0 Å². The van der Waals surface area contributed by atoms with E-state index in [1.165, 1.54) is 42.5 Å². The van der Waals surface area contributed by atoms with Gasteiger partial charge in [0, 0.05) is 23.4 Å². The third-order valence-electron chi connectivity index (χ3n) is 5.43. The molecule has 3 aromatic rings. The molecule has 4 rings (SSSR count). The van der Waals surface area contributed by atoms with E-state index < -0.39 is 15.7 Å². The maximum Gasteiger partial charge on any atom is 0.255 e. The van der Waals surface area contributed by atoms with E-state index in [-0.39, 0.29) is 39.0 Å². The van der Waals surface area contributed by atoms with Gasteiger partial charge in [0.05, 0.1) is 15.6 Å². The molecule has 33 heavy (non-hydrogen) atoms. The van der Waals surface area contributed by atoms with Gasteiger partial charge in [-0.15, -0.1) is 0 Å². The zero-order valence-electron chi connectivity index (χ0n) is 17.5. The Balaban J connectivity index is 1.40. The van der Waals surface area contributed by atoms with Crippen LogP contribution in [0.1, 0.15) is 28.3 Å². The highest BCUT2D eigenvalue weighted by molar-refractivity contribution is 7.90. The summed E-state index contributed by atoms with van der Waals surface area (Å²) in [5.41, 5.74) is 1.89. The molecule has 0 heterocycles. The third kappa shape index (κ3) is 5.40. The number of hydrogen-bond donors (Lipinski definition) is 2. The predicted molar refractivity (Wildman–Crippen MR) is 125 cm³/mol. The number of halogens is 2. The molecule has 6 nitrogen and oxygen atoms in total. The highest BCUT2D eigenvalue weighted by atomic mass is 35.5. The highest BCUT2D eigenvalue weighted by Crippen LogP contribution is 2.48. The molecule has 1 fully saturated rings. The van der Waals surface area contributed by atoms with Crippen LogP contribution >= 0.6 is 11.6 Å². The fraction of sp³-hybridized carbons (Fsp3) is 0.167. The number of anilines is 2. The van der Waals surface area contributed by atoms with Crippen molar-refractivity contribution in [2.24, 2.45) is 5.92 Å². The lowest BCUT2D eigenvalue weighted by atomic mass is 10.1. The van der Waals surface area contributed by atoms with E-state index in [1.54, 1.807) is 24.3 Å². The lowest BCUT2D eigenvalue weighted by Gasteiger charge is -2.11. The Bertz CT molecular complexity index is 1340. The summed E-state index contributed by atoms with van der Waals surface area (Å²) in [6, 6.07) is 16.5. The van der Waals surface area contributed by atoms with Crippen molar-refractivity contribution >= 4 is 44.6 Å². The van der Waals surface area contributed by atoms with Gasteiger partial charge < -0.3 is 10.6 Å². The molecule has 1 saturated carbocycles. The van der Waals surface area contributed by atoms with Gasteiger partial charge in [0.2, 0.25) is 5.91 Å². The monoisotopic (exact) mass is 486 g/mol. The molecule has 2 N–H and O–H groups in total. The van der Waals surface area contributed by atoms with Crippen molar-refractivity contribution in [3.63, 3.8) is 0 Å². The molecule has 1 aliphatic carbocycles. The Morgan fingerprint density at radius 2 is 1.73 bits per heavy atom. The molecule has 0 radical (unpaired) electrons. The van der Waals surface area contributed by atoms with Crippen molar-refractivity contribution < 1.29 is 22.4 Å². The summed E-state index contributed by atoms with van der Waals surface area (Å²) in [5.74, 6) is -1.13. The number of sulfone groups is 1. The molecule has 2 unspecified atom stereocenters. The molecule has 2 atom stereocenters. The molecule has 1 aliphatic rings. The first-order valence-corrected chi connectivity index (χ1v) is 12.4. The van der Waals surface area contributed by atoms with E-state index in [9.17, 15) is 22.4 Å². The van der Waals surface area contributed by atoms with Crippen LogP contribution in [-0.4, -0.2) is 26.5 Å². The number of rotatable bonds is 6. The van der Waals surface area contributed by atoms with Gasteiger partial charge in [-0.25, -0.2) is 12.8 Å². The number of nitrogens with one attached hydrogen (secondary N) is 2. The minimum absolute atomic E-state index is 0.0401. The van der Waals surface area contributed by atoms with Crippen LogP contribution in [-0.2, 0) is 14.6 Å². The summed E-state index contributed by atoms with van der Waals surface area (Å²) in [4.78, 5) is 25.1. The second-order valence-corrected chi connectivity index (χ2v) is 10.4. The van der Waals surface area contributed by atoms with Crippen molar-refractivity contribution in [2.75, 3.05) is 16.9 Å². The van der Waals surface area contributed by atoms with Crippen LogP contribution in [0.2, 0.25) is 5.02 Å². The van der Waals surface area contributed by atoms with Crippen molar-refractivity contribution in [1.82, 2.24) is 0 Å². The number of amides is 2. The van der Waals surface area contributed by atoms with Crippen LogP contribution in [0.15, 0.2) is 71.6 Å². The van der Waals surface area contributed by atoms with E-state index in [1.807, 2.05) is 0 Å². The van der Waals surface area contributed by atoms with Crippen LogP contribution in [0.3, 0.4) is 0 Å². The van der Waals surface area contributed by atoms with E-state index in [2.05, 4.69) is 10.6 Å². The SMILES string of the molecule is CS(=O)(=O)c1cccc(C(=O)Nc2ccc(NC(=O)C3CC3c3ccc(F)cc3)cc2Cl)c1. The van der Waals surface area contributed by atoms with Gasteiger partial charge in [0.25, 0.3) is 5.91 Å². The Kier molecular flexibility index (Phi) is 6.23. The summed E-state index contributed by atoms with van der Waals surface area (Å²) in [6.45, 7) is 0. The molecule has 170 valence electrons. The normalized spacial score (nSPS) is 17.3. The molecular formula is C24H20ClFN2O4S. The molecule has 0 saturated heterocycles. The predicted octanol–water partition coefficient (Wildman–Crippen LogP) is 4.88. The number of carbonyl (C=O) groups excluding carboxylic acids is 2. The Hall–Kier alpha value is -3.23. The van der Waals surface area contributed by atoms with Gasteiger partial charge in [-0.1, -0.05) is 29.8 Å². The largest absolute Gasteiger partial charge is 0.326 e. The first kappa shape index (κ1) is 22.9. The van der Waals surface area contributed by atoms with Crippen LogP contribution in [0.25, 0.3) is 0 Å². The fourth-order valence-corrected chi connectivity index (χ4v) is 4.45. The average Bonchev–Trinajstić information content (AvgIpc) is 3.57. The van der Waals surface area contributed by atoms with E-state index in [0.717, 1.165) is 11.8 Å². The van der Waals surface area contributed by atoms with E-state index in [4.69, 9.17) is 11.6 Å². The second-order valence-electron chi connectivity index (χ2n) is 7.94. The van der Waals surface area contributed by atoms with Gasteiger partial charge in [-0.3, -0.25) is 9.59 Å². The molecule has 9 heteroatoms. The average molecular weight is 487 g/mol. The molecule has 0 aromatic heterocycles. The van der Waals surface area contributed by atoms with Gasteiger partial charge in [-0.2, -0.15) is 0 Å². The summed E-state index contributed by atoms with van der Waals surface area (Å²) >= 11 is 6.29. The van der Waals surface area contributed by atoms with E-state index >= 15 is 0 Å². The topological polar surface area (TPSA) is 92.3 Å². The smallest absolute Gasteiger partial charge is 0.255 e. The quantitative estimate of drug-likeness (QED) is 0.519. The van der Waals surface area contributed by atoms with Gasteiger partial charge in [0.1, 0.15) is 5.82 Å². The standard InChI is InChI=1S/C24H20ClFN2O4S/c1-33(31,32)18-4-2-3-15(11-18)23(29)28-22-10-9-17(12-21(22)25)27-24(30)20-13-19(20)14-5-7-16(26)8-6-14/h2-12,19-20H,13H2,1H3,(H,27,30)(H,28,29). The zero-order chi connectivity index (χ0) is 23.8. The fourth-order valence-electron chi connectivity index (χ4n) is 3.55. The molecule has 2 amide bonds. The minimum Gasteiger partial charge on any atom is -0.326 e. The zero-order valence-corrected chi connectivity index (χ0v) is 19.1. The van der Waals surface area contributed by atoms with Gasteiger partial charge >= 0.3 is 0 Å². The van der Waals surface area contributed by atoms with Crippen molar-refractivity contribution in [1.29, 1.82) is 0 Å².